The third-order valence-corrected chi connectivity index (χ3v) is 4.35. The number of aromatic hydroxyl groups is 2. The molecule has 1 aromatic carbocycles. The molecule has 86 valence electrons. The van der Waals surface area contributed by atoms with Gasteiger partial charge in [0, 0.05) is 24.1 Å². The zero-order chi connectivity index (χ0) is 11.8. The molecule has 0 unspecified atom stereocenters. The SMILES string of the molecule is Oc1ccc(O)n1Sc1nc2ccccc2s1. The summed E-state index contributed by atoms with van der Waals surface area (Å²) in [7, 11) is 0. The first kappa shape index (κ1) is 10.5. The van der Waals surface area contributed by atoms with Crippen LogP contribution in [0.25, 0.3) is 10.2 Å². The van der Waals surface area contributed by atoms with Crippen molar-refractivity contribution < 1.29 is 10.2 Å². The van der Waals surface area contributed by atoms with E-state index >= 15 is 0 Å². The lowest BCUT2D eigenvalue weighted by Crippen LogP contribution is -1.83. The maximum atomic E-state index is 9.53. The molecule has 2 N–H and O–H groups in total. The molecule has 0 radical (unpaired) electrons. The second-order valence-corrected chi connectivity index (χ2v) is 5.61. The summed E-state index contributed by atoms with van der Waals surface area (Å²) in [5, 5.41) is 19.1. The highest BCUT2D eigenvalue weighted by Crippen LogP contribution is 2.36. The number of hydrogen-bond acceptors (Lipinski definition) is 5. The van der Waals surface area contributed by atoms with Crippen LogP contribution in [0.3, 0.4) is 0 Å². The zero-order valence-electron chi connectivity index (χ0n) is 8.57. The molecule has 2 heterocycles. The molecule has 0 fully saturated rings. The molecular formula is C11H8N2O2S2. The summed E-state index contributed by atoms with van der Waals surface area (Å²) >= 11 is 2.72. The summed E-state index contributed by atoms with van der Waals surface area (Å²) in [5.74, 6) is 0.0125. The van der Waals surface area contributed by atoms with Crippen molar-refractivity contribution in [3.8, 4) is 11.8 Å². The van der Waals surface area contributed by atoms with E-state index < -0.39 is 0 Å². The number of nitrogens with zero attached hydrogens (tertiary/aromatic N) is 2. The van der Waals surface area contributed by atoms with Gasteiger partial charge in [0.05, 0.1) is 10.2 Å². The fourth-order valence-electron chi connectivity index (χ4n) is 1.46. The van der Waals surface area contributed by atoms with Gasteiger partial charge in [-0.3, -0.25) is 0 Å². The first-order chi connectivity index (χ1) is 8.24. The van der Waals surface area contributed by atoms with Crippen molar-refractivity contribution in [2.75, 3.05) is 0 Å². The van der Waals surface area contributed by atoms with Gasteiger partial charge in [0.1, 0.15) is 0 Å². The highest BCUT2D eigenvalue weighted by Gasteiger charge is 2.10. The predicted molar refractivity (Wildman–Crippen MR) is 68.6 cm³/mol. The number of benzene rings is 1. The molecule has 0 aliphatic rings. The number of aromatic nitrogens is 2. The summed E-state index contributed by atoms with van der Waals surface area (Å²) < 4.78 is 3.19. The third kappa shape index (κ3) is 1.85. The maximum absolute atomic E-state index is 9.53. The van der Waals surface area contributed by atoms with E-state index in [0.717, 1.165) is 14.6 Å². The Morgan fingerprint density at radius 2 is 1.76 bits per heavy atom. The molecule has 6 heteroatoms. The summed E-state index contributed by atoms with van der Waals surface area (Å²) in [5.41, 5.74) is 0.922. The number of rotatable bonds is 2. The minimum Gasteiger partial charge on any atom is -0.494 e. The van der Waals surface area contributed by atoms with Crippen molar-refractivity contribution in [3.05, 3.63) is 36.4 Å². The van der Waals surface area contributed by atoms with Crippen molar-refractivity contribution in [2.45, 2.75) is 4.34 Å². The lowest BCUT2D eigenvalue weighted by molar-refractivity contribution is 0.416. The molecule has 0 amide bonds. The van der Waals surface area contributed by atoms with Crippen LogP contribution < -0.4 is 0 Å². The summed E-state index contributed by atoms with van der Waals surface area (Å²) in [6, 6.07) is 10.7. The van der Waals surface area contributed by atoms with Crippen LogP contribution in [0.2, 0.25) is 0 Å². The van der Waals surface area contributed by atoms with Crippen molar-refractivity contribution in [2.24, 2.45) is 0 Å². The van der Waals surface area contributed by atoms with Gasteiger partial charge in [-0.05, 0) is 12.1 Å². The Hall–Kier alpha value is -1.66. The summed E-state index contributed by atoms with van der Waals surface area (Å²) in [6.45, 7) is 0. The van der Waals surface area contributed by atoms with Gasteiger partial charge in [-0.2, -0.15) is 0 Å². The van der Waals surface area contributed by atoms with Crippen molar-refractivity contribution in [3.63, 3.8) is 0 Å². The Balaban J connectivity index is 2.00. The smallest absolute Gasteiger partial charge is 0.204 e. The lowest BCUT2D eigenvalue weighted by Gasteiger charge is -2.01. The van der Waals surface area contributed by atoms with Gasteiger partial charge in [-0.15, -0.1) is 11.3 Å². The van der Waals surface area contributed by atoms with Crippen LogP contribution in [0.5, 0.6) is 11.8 Å². The van der Waals surface area contributed by atoms with Crippen LogP contribution in [-0.4, -0.2) is 19.2 Å². The Labute approximate surface area is 105 Å². The number of para-hydroxylation sites is 1. The monoisotopic (exact) mass is 264 g/mol. The molecule has 0 atom stereocenters. The zero-order valence-corrected chi connectivity index (χ0v) is 10.2. The Morgan fingerprint density at radius 1 is 1.06 bits per heavy atom. The van der Waals surface area contributed by atoms with Crippen LogP contribution in [0, 0.1) is 0 Å². The molecule has 17 heavy (non-hydrogen) atoms. The van der Waals surface area contributed by atoms with Crippen molar-refractivity contribution in [1.82, 2.24) is 8.96 Å². The number of thiazole rings is 1. The van der Waals surface area contributed by atoms with E-state index in [0.29, 0.717) is 0 Å². The van der Waals surface area contributed by atoms with E-state index in [1.807, 2.05) is 24.3 Å². The van der Waals surface area contributed by atoms with Gasteiger partial charge in [0.2, 0.25) is 11.8 Å². The van der Waals surface area contributed by atoms with Crippen LogP contribution in [0.15, 0.2) is 40.7 Å². The largest absolute Gasteiger partial charge is 0.494 e. The standard InChI is InChI=1S/C11H8N2O2S2/c14-9-5-6-10(15)13(9)17-11-12-7-3-1-2-4-8(7)16-11/h1-6,14-15H. The molecule has 2 aromatic heterocycles. The van der Waals surface area contributed by atoms with E-state index in [-0.39, 0.29) is 11.8 Å². The molecular weight excluding hydrogens is 256 g/mol. The molecule has 0 saturated heterocycles. The van der Waals surface area contributed by atoms with Gasteiger partial charge in [0.25, 0.3) is 0 Å². The first-order valence-electron chi connectivity index (χ1n) is 4.87. The molecule has 3 aromatic rings. The van der Waals surface area contributed by atoms with Gasteiger partial charge < -0.3 is 10.2 Å². The van der Waals surface area contributed by atoms with E-state index in [4.69, 9.17) is 0 Å². The van der Waals surface area contributed by atoms with Crippen molar-refractivity contribution in [1.29, 1.82) is 0 Å². The van der Waals surface area contributed by atoms with E-state index in [2.05, 4.69) is 4.98 Å². The van der Waals surface area contributed by atoms with E-state index in [1.54, 1.807) is 0 Å². The highest BCUT2D eigenvalue weighted by molar-refractivity contribution is 7.99. The van der Waals surface area contributed by atoms with Crippen molar-refractivity contribution >= 4 is 33.5 Å². The lowest BCUT2D eigenvalue weighted by atomic mass is 10.3. The number of fused-ring (bicyclic) bond motifs is 1. The molecule has 0 aliphatic heterocycles. The Bertz CT molecular complexity index is 622. The summed E-state index contributed by atoms with van der Waals surface area (Å²) in [4.78, 5) is 4.41. The second kappa shape index (κ2) is 3.97. The van der Waals surface area contributed by atoms with Gasteiger partial charge in [-0.25, -0.2) is 8.96 Å². The highest BCUT2D eigenvalue weighted by atomic mass is 32.2. The van der Waals surface area contributed by atoms with Crippen LogP contribution >= 0.6 is 23.3 Å². The average molecular weight is 264 g/mol. The van der Waals surface area contributed by atoms with Crippen LogP contribution in [0.4, 0.5) is 0 Å². The normalized spacial score (nSPS) is 11.1. The van der Waals surface area contributed by atoms with Gasteiger partial charge >= 0.3 is 0 Å². The molecule has 4 nitrogen and oxygen atoms in total. The first-order valence-corrected chi connectivity index (χ1v) is 6.46. The molecule has 3 rings (SSSR count). The minimum atomic E-state index is 0.00626. The fourth-order valence-corrected chi connectivity index (χ4v) is 3.41. The van der Waals surface area contributed by atoms with Gasteiger partial charge in [-0.1, -0.05) is 12.1 Å². The predicted octanol–water partition coefficient (Wildman–Crippen LogP) is 3.06. The second-order valence-electron chi connectivity index (χ2n) is 3.38. The average Bonchev–Trinajstić information content (AvgIpc) is 2.87. The molecule has 0 bridgehead atoms. The minimum absolute atomic E-state index is 0.00626. The maximum Gasteiger partial charge on any atom is 0.204 e. The molecule has 0 spiro atoms. The van der Waals surface area contributed by atoms with E-state index in [1.165, 1.54) is 39.4 Å². The Morgan fingerprint density at radius 3 is 2.47 bits per heavy atom. The van der Waals surface area contributed by atoms with Gasteiger partial charge in [0.15, 0.2) is 4.34 Å². The summed E-state index contributed by atoms with van der Waals surface area (Å²) in [6.07, 6.45) is 0. The Kier molecular flexibility index (Phi) is 2.45. The third-order valence-electron chi connectivity index (χ3n) is 2.24. The van der Waals surface area contributed by atoms with E-state index in [9.17, 15) is 10.2 Å². The quantitative estimate of drug-likeness (QED) is 0.747. The van der Waals surface area contributed by atoms with Crippen LogP contribution in [-0.2, 0) is 0 Å². The van der Waals surface area contributed by atoms with Crippen LogP contribution in [0.1, 0.15) is 0 Å². The molecule has 0 aliphatic carbocycles. The molecule has 0 saturated carbocycles. The topological polar surface area (TPSA) is 58.3 Å². The number of hydrogen-bond donors (Lipinski definition) is 2. The fraction of sp³-hybridized carbons (Fsp3) is 0.